The number of benzene rings is 1. The fourth-order valence-corrected chi connectivity index (χ4v) is 1.27. The van der Waals surface area contributed by atoms with Gasteiger partial charge in [0.15, 0.2) is 0 Å². The van der Waals surface area contributed by atoms with Gasteiger partial charge in [0.1, 0.15) is 9.43 Å². The van der Waals surface area contributed by atoms with E-state index >= 15 is 0 Å². The smallest absolute Gasteiger partial charge is 0.141 e. The van der Waals surface area contributed by atoms with E-state index in [1.54, 1.807) is 47.7 Å². The Kier molecular flexibility index (Phi) is 2.49. The number of aliphatic hydroxyl groups is 1. The fraction of sp³-hybridized carbons (Fsp3) is 0.250. The maximum Gasteiger partial charge on any atom is 0.141 e. The molecule has 0 bridgehead atoms. The number of alkyl halides is 1. The molecule has 11 heavy (non-hydrogen) atoms. The molecule has 0 spiro atoms. The van der Waals surface area contributed by atoms with Gasteiger partial charge in [-0.3, -0.25) is 0 Å². The molecule has 0 heterocycles. The summed E-state index contributed by atoms with van der Waals surface area (Å²) in [4.78, 5) is 0. The highest BCUT2D eigenvalue weighted by Gasteiger charge is 2.21. The van der Waals surface area contributed by atoms with Gasteiger partial charge < -0.3 is 5.11 Å². The molecule has 1 aromatic rings. The second-order valence-corrected chi connectivity index (χ2v) is 4.53. The van der Waals surface area contributed by atoms with Crippen molar-refractivity contribution >= 4 is 22.6 Å². The monoisotopic (exact) mass is 266 g/mol. The zero-order valence-corrected chi connectivity index (χ0v) is 8.17. The summed E-state index contributed by atoms with van der Waals surface area (Å²) in [7, 11) is 0. The van der Waals surface area contributed by atoms with E-state index in [4.69, 9.17) is 0 Å². The van der Waals surface area contributed by atoms with Crippen molar-refractivity contribution in [1.82, 2.24) is 0 Å². The second-order valence-electron chi connectivity index (χ2n) is 2.43. The summed E-state index contributed by atoms with van der Waals surface area (Å²) in [5, 5.41) is 9.42. The second kappa shape index (κ2) is 3.06. The van der Waals surface area contributed by atoms with Crippen LogP contribution in [0.5, 0.6) is 0 Å². The van der Waals surface area contributed by atoms with Crippen LogP contribution in [0.25, 0.3) is 0 Å². The lowest BCUT2D eigenvalue weighted by atomic mass is 10.1. The molecule has 1 atom stereocenters. The number of halogens is 2. The lowest BCUT2D eigenvalue weighted by molar-refractivity contribution is 0.174. The summed E-state index contributed by atoms with van der Waals surface area (Å²) in [5.74, 6) is -0.369. The van der Waals surface area contributed by atoms with Crippen LogP contribution in [0.3, 0.4) is 0 Å². The van der Waals surface area contributed by atoms with Gasteiger partial charge in [-0.15, -0.1) is 0 Å². The Morgan fingerprint density at radius 3 is 2.36 bits per heavy atom. The van der Waals surface area contributed by atoms with Gasteiger partial charge >= 0.3 is 0 Å². The van der Waals surface area contributed by atoms with Crippen molar-refractivity contribution in [2.45, 2.75) is 10.5 Å². The Labute approximate surface area is 78.4 Å². The molecule has 0 fully saturated rings. The fourth-order valence-electron chi connectivity index (χ4n) is 0.831. The molecule has 3 heteroatoms. The average Bonchev–Trinajstić information content (AvgIpc) is 1.86. The molecule has 0 aliphatic heterocycles. The molecule has 0 aliphatic carbocycles. The third kappa shape index (κ3) is 2.13. The van der Waals surface area contributed by atoms with E-state index in [0.717, 1.165) is 0 Å². The summed E-state index contributed by atoms with van der Waals surface area (Å²) in [5.41, 5.74) is 0.320. The van der Waals surface area contributed by atoms with Crippen molar-refractivity contribution in [3.8, 4) is 0 Å². The predicted molar refractivity (Wildman–Crippen MR) is 50.0 cm³/mol. The zero-order valence-electron chi connectivity index (χ0n) is 6.01. The first kappa shape index (κ1) is 8.93. The molecule has 1 rings (SSSR count). The zero-order chi connectivity index (χ0) is 8.48. The maximum atomic E-state index is 12.9. The van der Waals surface area contributed by atoms with Crippen molar-refractivity contribution in [2.75, 3.05) is 0 Å². The molecular formula is C8H8FIO. The summed E-state index contributed by atoms with van der Waals surface area (Å²) in [6, 6.07) is 6.21. The predicted octanol–water partition coefficient (Wildman–Crippen LogP) is 2.43. The van der Waals surface area contributed by atoms with Gasteiger partial charge in [-0.1, -0.05) is 18.2 Å². The van der Waals surface area contributed by atoms with Crippen LogP contribution in [0.2, 0.25) is 0 Å². The van der Waals surface area contributed by atoms with Crippen LogP contribution in [0.15, 0.2) is 24.3 Å². The van der Waals surface area contributed by atoms with Gasteiger partial charge in [0.2, 0.25) is 0 Å². The third-order valence-electron chi connectivity index (χ3n) is 1.37. The van der Waals surface area contributed by atoms with Crippen LogP contribution < -0.4 is 0 Å². The Morgan fingerprint density at radius 1 is 1.45 bits per heavy atom. The SMILES string of the molecule is C[C@](O)(I)c1ccccc1F. The van der Waals surface area contributed by atoms with Crippen molar-refractivity contribution < 1.29 is 9.50 Å². The van der Waals surface area contributed by atoms with Gasteiger partial charge in [-0.2, -0.15) is 0 Å². The van der Waals surface area contributed by atoms with Crippen LogP contribution in [-0.4, -0.2) is 5.11 Å². The Hall–Kier alpha value is -0.160. The largest absolute Gasteiger partial charge is 0.376 e. The molecule has 0 aliphatic rings. The van der Waals surface area contributed by atoms with E-state index in [-0.39, 0.29) is 5.82 Å². The van der Waals surface area contributed by atoms with Crippen LogP contribution in [0.1, 0.15) is 12.5 Å². The van der Waals surface area contributed by atoms with Crippen LogP contribution in [0.4, 0.5) is 4.39 Å². The number of hydrogen-bond acceptors (Lipinski definition) is 1. The molecule has 1 N–H and O–H groups in total. The summed E-state index contributed by atoms with van der Waals surface area (Å²) in [6.45, 7) is 1.55. The van der Waals surface area contributed by atoms with E-state index in [2.05, 4.69) is 0 Å². The summed E-state index contributed by atoms with van der Waals surface area (Å²) >= 11 is 1.78. The standard InChI is InChI=1S/C8H8FIO/c1-8(10,11)6-4-2-3-5-7(6)9/h2-5,11H,1H3/t8-/m1/s1. The van der Waals surface area contributed by atoms with E-state index in [1.807, 2.05) is 0 Å². The molecule has 0 saturated heterocycles. The van der Waals surface area contributed by atoms with Crippen LogP contribution >= 0.6 is 22.6 Å². The Bertz CT molecular complexity index is 255. The Balaban J connectivity index is 3.14. The van der Waals surface area contributed by atoms with Gasteiger partial charge in [-0.05, 0) is 35.6 Å². The van der Waals surface area contributed by atoms with E-state index in [9.17, 15) is 9.50 Å². The lowest BCUT2D eigenvalue weighted by Gasteiger charge is -2.15. The topological polar surface area (TPSA) is 20.2 Å². The quantitative estimate of drug-likeness (QED) is 0.611. The minimum absolute atomic E-state index is 0.320. The lowest BCUT2D eigenvalue weighted by Crippen LogP contribution is -2.12. The van der Waals surface area contributed by atoms with Crippen molar-refractivity contribution in [1.29, 1.82) is 0 Å². The molecule has 60 valence electrons. The maximum absolute atomic E-state index is 12.9. The van der Waals surface area contributed by atoms with Gasteiger partial charge in [0.05, 0.1) is 0 Å². The molecular weight excluding hydrogens is 258 g/mol. The molecule has 0 aromatic heterocycles. The van der Waals surface area contributed by atoms with Crippen molar-refractivity contribution in [2.24, 2.45) is 0 Å². The molecule has 1 nitrogen and oxygen atoms in total. The first-order valence-electron chi connectivity index (χ1n) is 3.18. The van der Waals surface area contributed by atoms with Gasteiger partial charge in [0.25, 0.3) is 0 Å². The van der Waals surface area contributed by atoms with Crippen LogP contribution in [0, 0.1) is 5.82 Å². The van der Waals surface area contributed by atoms with E-state index < -0.39 is 3.61 Å². The highest BCUT2D eigenvalue weighted by molar-refractivity contribution is 14.1. The summed E-state index contributed by atoms with van der Waals surface area (Å²) in [6.07, 6.45) is 0. The first-order valence-corrected chi connectivity index (χ1v) is 4.26. The van der Waals surface area contributed by atoms with Gasteiger partial charge in [-0.25, -0.2) is 4.39 Å². The van der Waals surface area contributed by atoms with Crippen molar-refractivity contribution in [3.05, 3.63) is 35.6 Å². The highest BCUT2D eigenvalue weighted by Crippen LogP contribution is 2.29. The molecule has 0 amide bonds. The summed E-state index contributed by atoms with van der Waals surface area (Å²) < 4.78 is 11.8. The average molecular weight is 266 g/mol. The van der Waals surface area contributed by atoms with Gasteiger partial charge in [0, 0.05) is 5.56 Å². The first-order chi connectivity index (χ1) is 5.02. The minimum atomic E-state index is -1.12. The van der Waals surface area contributed by atoms with E-state index in [1.165, 1.54) is 6.07 Å². The molecule has 0 radical (unpaired) electrons. The van der Waals surface area contributed by atoms with Crippen LogP contribution in [-0.2, 0) is 3.61 Å². The molecule has 1 aromatic carbocycles. The molecule has 0 unspecified atom stereocenters. The van der Waals surface area contributed by atoms with Crippen molar-refractivity contribution in [3.63, 3.8) is 0 Å². The molecule has 0 saturated carbocycles. The van der Waals surface area contributed by atoms with E-state index in [0.29, 0.717) is 5.56 Å². The highest BCUT2D eigenvalue weighted by atomic mass is 127. The minimum Gasteiger partial charge on any atom is -0.376 e. The normalized spacial score (nSPS) is 16.0. The number of hydrogen-bond donors (Lipinski definition) is 1. The third-order valence-corrected chi connectivity index (χ3v) is 1.95. The Morgan fingerprint density at radius 2 is 2.00 bits per heavy atom. The number of rotatable bonds is 1.